The van der Waals surface area contributed by atoms with E-state index in [-0.39, 0.29) is 16.2 Å². The van der Waals surface area contributed by atoms with E-state index in [9.17, 15) is 0 Å². The van der Waals surface area contributed by atoms with Crippen molar-refractivity contribution in [1.29, 1.82) is 0 Å². The average Bonchev–Trinajstić information content (AvgIpc) is 3.58. The molecule has 0 aliphatic heterocycles. The molecular formula is C60H57N. The van der Waals surface area contributed by atoms with Crippen LogP contribution in [0.2, 0.25) is 0 Å². The van der Waals surface area contributed by atoms with Gasteiger partial charge in [-0.2, -0.15) is 0 Å². The summed E-state index contributed by atoms with van der Waals surface area (Å²) in [6.45, 7) is 9.71. The van der Waals surface area contributed by atoms with E-state index in [1.807, 2.05) is 0 Å². The van der Waals surface area contributed by atoms with Crippen molar-refractivity contribution < 1.29 is 0 Å². The van der Waals surface area contributed by atoms with Gasteiger partial charge in [0.1, 0.15) is 0 Å². The summed E-state index contributed by atoms with van der Waals surface area (Å²) < 4.78 is 0. The Labute approximate surface area is 363 Å². The molecule has 0 heterocycles. The Kier molecular flexibility index (Phi) is 8.32. The molecule has 13 rings (SSSR count). The molecule has 0 radical (unpaired) electrons. The van der Waals surface area contributed by atoms with Gasteiger partial charge < -0.3 is 4.90 Å². The zero-order chi connectivity index (χ0) is 41.1. The minimum atomic E-state index is 0.117. The van der Waals surface area contributed by atoms with Crippen molar-refractivity contribution in [1.82, 2.24) is 0 Å². The molecule has 1 spiro atoms. The minimum Gasteiger partial charge on any atom is -0.310 e. The predicted molar refractivity (Wildman–Crippen MR) is 256 cm³/mol. The lowest BCUT2D eigenvalue weighted by Crippen LogP contribution is -2.55. The van der Waals surface area contributed by atoms with Gasteiger partial charge in [-0.1, -0.05) is 143 Å². The van der Waals surface area contributed by atoms with Crippen LogP contribution >= 0.6 is 0 Å². The highest BCUT2D eigenvalue weighted by Crippen LogP contribution is 2.69. The van der Waals surface area contributed by atoms with Crippen LogP contribution in [0, 0.1) is 23.7 Å². The number of anilines is 3. The second-order valence-corrected chi connectivity index (χ2v) is 20.9. The number of benzene rings is 7. The fraction of sp³-hybridized carbons (Fsp3) is 0.300. The first kappa shape index (κ1) is 37.1. The minimum absolute atomic E-state index is 0.117. The van der Waals surface area contributed by atoms with Crippen LogP contribution in [0.5, 0.6) is 0 Å². The third-order valence-corrected chi connectivity index (χ3v) is 16.5. The van der Waals surface area contributed by atoms with Crippen LogP contribution in [0.1, 0.15) is 94.9 Å². The summed E-state index contributed by atoms with van der Waals surface area (Å²) >= 11 is 0. The van der Waals surface area contributed by atoms with E-state index in [2.05, 4.69) is 196 Å². The molecule has 0 saturated heterocycles. The monoisotopic (exact) mass is 791 g/mol. The van der Waals surface area contributed by atoms with Gasteiger partial charge in [0.25, 0.3) is 0 Å². The maximum atomic E-state index is 2.63. The molecule has 6 aliphatic carbocycles. The van der Waals surface area contributed by atoms with Crippen molar-refractivity contribution in [3.05, 3.63) is 186 Å². The highest BCUT2D eigenvalue weighted by Gasteiger charge is 2.61. The van der Waals surface area contributed by atoms with Gasteiger partial charge in [0.05, 0.1) is 0 Å². The second kappa shape index (κ2) is 13.7. The van der Waals surface area contributed by atoms with Crippen molar-refractivity contribution in [3.63, 3.8) is 0 Å². The lowest BCUT2D eigenvalue weighted by atomic mass is 9.43. The Morgan fingerprint density at radius 1 is 0.361 bits per heavy atom. The fourth-order valence-electron chi connectivity index (χ4n) is 13.6. The lowest BCUT2D eigenvalue weighted by Gasteiger charge is -2.61. The van der Waals surface area contributed by atoms with Gasteiger partial charge in [0.2, 0.25) is 0 Å². The Balaban J connectivity index is 0.934. The summed E-state index contributed by atoms with van der Waals surface area (Å²) in [7, 11) is 0. The molecule has 0 atom stereocenters. The summed E-state index contributed by atoms with van der Waals surface area (Å²) in [6.07, 6.45) is 9.53. The van der Waals surface area contributed by atoms with Gasteiger partial charge in [0, 0.05) is 22.5 Å². The quantitative estimate of drug-likeness (QED) is 0.162. The largest absolute Gasteiger partial charge is 0.310 e. The summed E-state index contributed by atoms with van der Waals surface area (Å²) in [5.74, 6) is 3.42. The van der Waals surface area contributed by atoms with E-state index in [0.717, 1.165) is 23.7 Å². The predicted octanol–water partition coefficient (Wildman–Crippen LogP) is 16.2. The van der Waals surface area contributed by atoms with E-state index < -0.39 is 0 Å². The van der Waals surface area contributed by atoms with Crippen LogP contribution in [0.15, 0.2) is 164 Å². The van der Waals surface area contributed by atoms with Crippen molar-refractivity contribution in [2.45, 2.75) is 88.9 Å². The molecule has 0 unspecified atom stereocenters. The van der Waals surface area contributed by atoms with Gasteiger partial charge in [-0.05, 0) is 195 Å². The topological polar surface area (TPSA) is 3.24 Å². The number of hydrogen-bond donors (Lipinski definition) is 0. The molecule has 0 N–H and O–H groups in total. The van der Waals surface area contributed by atoms with Crippen molar-refractivity contribution >= 4 is 17.1 Å². The first-order valence-corrected chi connectivity index (χ1v) is 23.2. The smallest absolute Gasteiger partial charge is 0.0464 e. The fourth-order valence-corrected chi connectivity index (χ4v) is 13.6. The maximum Gasteiger partial charge on any atom is 0.0464 e. The van der Waals surface area contributed by atoms with E-state index in [1.54, 1.807) is 11.1 Å². The third kappa shape index (κ3) is 5.79. The summed E-state index contributed by atoms with van der Waals surface area (Å²) in [5, 5.41) is 0. The molecule has 1 heteroatoms. The van der Waals surface area contributed by atoms with Crippen molar-refractivity contribution in [2.24, 2.45) is 23.7 Å². The van der Waals surface area contributed by atoms with Gasteiger partial charge in [-0.25, -0.2) is 0 Å². The third-order valence-electron chi connectivity index (χ3n) is 16.5. The Morgan fingerprint density at radius 2 is 0.852 bits per heavy atom. The Bertz CT molecular complexity index is 2780. The van der Waals surface area contributed by atoms with Crippen LogP contribution < -0.4 is 4.90 Å². The molecule has 4 fully saturated rings. The van der Waals surface area contributed by atoms with Crippen LogP contribution in [-0.4, -0.2) is 0 Å². The van der Waals surface area contributed by atoms with Gasteiger partial charge >= 0.3 is 0 Å². The van der Waals surface area contributed by atoms with Crippen molar-refractivity contribution in [3.8, 4) is 44.5 Å². The first-order valence-electron chi connectivity index (χ1n) is 23.2. The molecule has 4 saturated carbocycles. The first-order chi connectivity index (χ1) is 29.7. The Hall–Kier alpha value is -5.66. The average molecular weight is 792 g/mol. The number of fused-ring (bicyclic) bond motifs is 4. The maximum absolute atomic E-state index is 2.63. The Morgan fingerprint density at radius 3 is 1.49 bits per heavy atom. The van der Waals surface area contributed by atoms with Crippen LogP contribution in [0.4, 0.5) is 17.1 Å². The molecule has 61 heavy (non-hydrogen) atoms. The molecule has 0 amide bonds. The second-order valence-electron chi connectivity index (χ2n) is 20.9. The van der Waals surface area contributed by atoms with E-state index in [1.165, 1.54) is 118 Å². The summed E-state index contributed by atoms with van der Waals surface area (Å²) in [5.41, 5.74) is 20.8. The molecule has 0 aromatic heterocycles. The highest BCUT2D eigenvalue weighted by atomic mass is 15.1. The normalized spacial score (nSPS) is 24.6. The molecule has 6 aliphatic rings. The zero-order valence-electron chi connectivity index (χ0n) is 36.3. The highest BCUT2D eigenvalue weighted by molar-refractivity contribution is 5.86. The zero-order valence-corrected chi connectivity index (χ0v) is 36.3. The van der Waals surface area contributed by atoms with E-state index in [0.29, 0.717) is 0 Å². The molecule has 302 valence electrons. The molecular weight excluding hydrogens is 735 g/mol. The lowest BCUT2D eigenvalue weighted by molar-refractivity contribution is -0.0399. The van der Waals surface area contributed by atoms with Crippen LogP contribution in [0.25, 0.3) is 44.5 Å². The van der Waals surface area contributed by atoms with Gasteiger partial charge in [0.15, 0.2) is 0 Å². The number of rotatable bonds is 6. The van der Waals surface area contributed by atoms with E-state index >= 15 is 0 Å². The molecule has 4 bridgehead atoms. The summed E-state index contributed by atoms with van der Waals surface area (Å²) in [6, 6.07) is 62.6. The van der Waals surface area contributed by atoms with Gasteiger partial charge in [-0.15, -0.1) is 0 Å². The SMILES string of the molecule is CC1(C)CCC(C)(C)c2cc(N(c3ccc(-c4cccc(-c5ccccc5)c4)cc3)c3ccc(-c4ccc5c(c4)C4(c6ccccc6-5)C5CC6CC(C5)CC4C6)cc3)ccc21. The van der Waals surface area contributed by atoms with Crippen LogP contribution in [-0.2, 0) is 16.2 Å². The molecule has 7 aromatic carbocycles. The number of nitrogens with zero attached hydrogens (tertiary/aromatic N) is 1. The van der Waals surface area contributed by atoms with Crippen LogP contribution in [0.3, 0.4) is 0 Å². The molecule has 1 nitrogen and oxygen atoms in total. The molecule has 7 aromatic rings. The summed E-state index contributed by atoms with van der Waals surface area (Å²) in [4.78, 5) is 2.48. The standard InChI is InChI=1S/C60H57N/c1-58(2)29-30-59(3,4)57-38-51(26-28-55(57)58)61(49-22-17-42(18-23-49)45-14-10-13-44(36-45)41-11-6-5-7-12-41)50-24-19-43(20-25-50)46-21-27-53-52-15-8-9-16-54(52)60(56(53)37-46)47-32-39-31-40(34-47)35-48(60)33-39/h5-28,36-40,47-48H,29-35H2,1-4H3. The van der Waals surface area contributed by atoms with Crippen molar-refractivity contribution in [2.75, 3.05) is 4.90 Å². The van der Waals surface area contributed by atoms with E-state index in [4.69, 9.17) is 0 Å². The number of hydrogen-bond acceptors (Lipinski definition) is 1. The van der Waals surface area contributed by atoms with Gasteiger partial charge in [-0.3, -0.25) is 0 Å².